The number of amides is 1. The second-order valence-corrected chi connectivity index (χ2v) is 14.8. The van der Waals surface area contributed by atoms with E-state index in [1.54, 1.807) is 0 Å². The van der Waals surface area contributed by atoms with Crippen LogP contribution in [0.4, 0.5) is 177 Å². The number of carbonyl (C=O) groups is 1. The van der Waals surface area contributed by atoms with Crippen molar-refractivity contribution in [2.75, 3.05) is 0 Å². The minimum Gasteiger partial charge on any atom is -0.349 e. The second kappa shape index (κ2) is 18.0. The number of aliphatic imine (C=N–C) groups is 1. The molecule has 0 aliphatic heterocycles. The summed E-state index contributed by atoms with van der Waals surface area (Å²) < 4.78 is 543. The van der Waals surface area contributed by atoms with E-state index in [2.05, 4.69) is 4.99 Å². The molecule has 43 heteroatoms. The number of aryl methyl sites for hydroxylation is 1. The van der Waals surface area contributed by atoms with Crippen LogP contribution in [0, 0.1) is 6.92 Å². The predicted molar refractivity (Wildman–Crippen MR) is 156 cm³/mol. The van der Waals surface area contributed by atoms with Crippen molar-refractivity contribution < 1.29 is 181 Å². The highest BCUT2D eigenvalue weighted by Gasteiger charge is 3.03. The maximum Gasteiger partial charge on any atom is 0.460 e. The van der Waals surface area contributed by atoms with Crippen molar-refractivity contribution in [2.24, 2.45) is 4.99 Å². The van der Waals surface area contributed by atoms with Gasteiger partial charge in [-0.05, 0) is 37.6 Å². The van der Waals surface area contributed by atoms with Gasteiger partial charge in [0.15, 0.2) is 0 Å². The molecule has 1 amide bonds. The summed E-state index contributed by atoms with van der Waals surface area (Å²) in [5, 5.41) is 1.15. The van der Waals surface area contributed by atoms with Crippen molar-refractivity contribution in [1.29, 1.82) is 0 Å². The Hall–Kier alpha value is -4.66. The van der Waals surface area contributed by atoms with Crippen molar-refractivity contribution in [3.05, 3.63) is 29.3 Å². The zero-order chi connectivity index (χ0) is 60.3. The number of nitrogens with zero attached hydrogens (tertiary/aromatic N) is 1. The van der Waals surface area contributed by atoms with Gasteiger partial charge in [0.05, 0.1) is 5.69 Å². The van der Waals surface area contributed by atoms with Crippen LogP contribution in [0.25, 0.3) is 0 Å². The summed E-state index contributed by atoms with van der Waals surface area (Å²) in [6.45, 7) is 1.03. The number of rotatable bonds is 22. The Bertz CT molecular complexity index is 2290. The smallest absolute Gasteiger partial charge is 0.349 e. The van der Waals surface area contributed by atoms with E-state index in [9.17, 15) is 181 Å². The Morgan fingerprint density at radius 2 is 0.635 bits per heavy atom. The third-order valence-corrected chi connectivity index (χ3v) is 9.56. The van der Waals surface area contributed by atoms with E-state index in [-0.39, 0.29) is 12.5 Å². The summed E-state index contributed by atoms with van der Waals surface area (Å²) in [5.74, 6) is -180. The molecule has 0 aromatic heterocycles. The summed E-state index contributed by atoms with van der Waals surface area (Å²) in [6.07, 6.45) is -11.0. The van der Waals surface area contributed by atoms with Gasteiger partial charge in [-0.15, -0.1) is 0 Å². The standard InChI is InChI=1S/C31H13F39N2O2/c1-8-3-10(5-11(4-8)71-7-73)12(74)72-9(2)6-13(32,33)14(34,35)15(36,37)16(38,39)17(40,41)18(42,43)19(44,45)20(46,47)21(48,49)22(50,51)23(52,53)24(54,55)25(56,57)26(58,59)27(60,61)28(62,63)29(64,65)30(66,67)31(68,69)70/h3-5,9H,6H2,1-2H3,(H,72,74). The van der Waals surface area contributed by atoms with Crippen molar-refractivity contribution in [3.8, 4) is 0 Å². The van der Waals surface area contributed by atoms with Gasteiger partial charge in [0.1, 0.15) is 0 Å². The average molecular weight is 1190 g/mol. The lowest BCUT2D eigenvalue weighted by Crippen LogP contribution is -2.80. The van der Waals surface area contributed by atoms with Crippen molar-refractivity contribution in [2.45, 2.75) is 139 Å². The van der Waals surface area contributed by atoms with Gasteiger partial charge in [0.25, 0.3) is 5.91 Å². The molecule has 74 heavy (non-hydrogen) atoms. The van der Waals surface area contributed by atoms with Gasteiger partial charge in [0.2, 0.25) is 6.08 Å². The maximum absolute atomic E-state index is 14.5. The van der Waals surface area contributed by atoms with Crippen molar-refractivity contribution in [3.63, 3.8) is 0 Å². The summed E-state index contributed by atoms with van der Waals surface area (Å²) in [7, 11) is 0. The lowest BCUT2D eigenvalue weighted by Gasteiger charge is -2.47. The van der Waals surface area contributed by atoms with Gasteiger partial charge in [-0.3, -0.25) is 4.79 Å². The molecular weight excluding hydrogens is 1170 g/mol. The molecule has 1 unspecified atom stereocenters. The van der Waals surface area contributed by atoms with Crippen LogP contribution in [0.1, 0.15) is 29.3 Å². The van der Waals surface area contributed by atoms with Crippen LogP contribution < -0.4 is 5.32 Å². The summed E-state index contributed by atoms with van der Waals surface area (Å²) >= 11 is 0. The zero-order valence-corrected chi connectivity index (χ0v) is 33.5. The van der Waals surface area contributed by atoms with Gasteiger partial charge < -0.3 is 5.32 Å². The van der Waals surface area contributed by atoms with Gasteiger partial charge in [-0.2, -0.15) is 176 Å². The molecule has 0 aliphatic rings. The van der Waals surface area contributed by atoms with Gasteiger partial charge >= 0.3 is 113 Å². The predicted octanol–water partition coefficient (Wildman–Crippen LogP) is 14.5. The minimum atomic E-state index is -10.6. The Kier molecular flexibility index (Phi) is 16.4. The van der Waals surface area contributed by atoms with E-state index < -0.39 is 142 Å². The molecule has 0 heterocycles. The topological polar surface area (TPSA) is 58.5 Å². The maximum atomic E-state index is 14.5. The molecular formula is C31H13F39N2O2. The Morgan fingerprint density at radius 1 is 0.405 bits per heavy atom. The van der Waals surface area contributed by atoms with E-state index in [1.807, 2.05) is 0 Å². The molecule has 1 rings (SSSR count). The first-order valence-corrected chi connectivity index (χ1v) is 17.1. The first-order chi connectivity index (χ1) is 31.7. The van der Waals surface area contributed by atoms with Crippen LogP contribution in [-0.2, 0) is 4.79 Å². The Labute approximate surface area is 378 Å². The number of hydrogen-bond acceptors (Lipinski definition) is 3. The first kappa shape index (κ1) is 67.4. The molecule has 0 fully saturated rings. The fourth-order valence-corrected chi connectivity index (χ4v) is 5.25. The molecule has 1 aromatic rings. The van der Waals surface area contributed by atoms with E-state index >= 15 is 0 Å². The van der Waals surface area contributed by atoms with Crippen LogP contribution in [0.3, 0.4) is 0 Å². The van der Waals surface area contributed by atoms with Gasteiger partial charge in [-0.1, -0.05) is 0 Å². The highest BCUT2D eigenvalue weighted by Crippen LogP contribution is 2.71. The summed E-state index contributed by atoms with van der Waals surface area (Å²) in [4.78, 5) is 25.7. The van der Waals surface area contributed by atoms with Gasteiger partial charge in [0, 0.05) is 18.0 Å². The number of halogens is 39. The van der Waals surface area contributed by atoms with E-state index in [1.165, 1.54) is 0 Å². The van der Waals surface area contributed by atoms with Crippen molar-refractivity contribution >= 4 is 17.7 Å². The van der Waals surface area contributed by atoms with Crippen LogP contribution in [0.5, 0.6) is 0 Å². The molecule has 0 saturated carbocycles. The zero-order valence-electron chi connectivity index (χ0n) is 33.5. The molecule has 0 aliphatic carbocycles. The molecule has 1 atom stereocenters. The van der Waals surface area contributed by atoms with E-state index in [4.69, 9.17) is 0 Å². The minimum absolute atomic E-state index is 0.0345. The molecule has 432 valence electrons. The molecule has 1 aromatic carbocycles. The third-order valence-electron chi connectivity index (χ3n) is 9.56. The number of carbonyl (C=O) groups excluding carboxylic acids is 2. The molecule has 0 bridgehead atoms. The molecule has 0 saturated heterocycles. The molecule has 0 spiro atoms. The number of alkyl halides is 39. The molecule has 4 nitrogen and oxygen atoms in total. The number of nitrogens with one attached hydrogen (secondary N) is 1. The number of benzene rings is 1. The first-order valence-electron chi connectivity index (χ1n) is 17.1. The highest BCUT2D eigenvalue weighted by atomic mass is 19.4. The normalized spacial score (nSPS) is 16.5. The van der Waals surface area contributed by atoms with Crippen LogP contribution in [-0.4, -0.2) is 131 Å². The number of isocyanates is 1. The summed E-state index contributed by atoms with van der Waals surface area (Å²) in [6, 6.07) is -0.829. The van der Waals surface area contributed by atoms with Crippen LogP contribution in [0.15, 0.2) is 23.2 Å². The number of hydrogen-bond donors (Lipinski definition) is 1. The van der Waals surface area contributed by atoms with Crippen LogP contribution >= 0.6 is 0 Å². The second-order valence-electron chi connectivity index (χ2n) is 14.8. The lowest BCUT2D eigenvalue weighted by atomic mass is 9.81. The van der Waals surface area contributed by atoms with Crippen molar-refractivity contribution in [1.82, 2.24) is 5.32 Å². The largest absolute Gasteiger partial charge is 0.460 e. The lowest BCUT2D eigenvalue weighted by molar-refractivity contribution is -0.494. The summed E-state index contributed by atoms with van der Waals surface area (Å²) in [5.41, 5.74) is -1.52. The molecule has 1 N–H and O–H groups in total. The fraction of sp³-hybridized carbons (Fsp3) is 0.742. The quantitative estimate of drug-likeness (QED) is 0.0714. The van der Waals surface area contributed by atoms with Crippen LogP contribution in [0.2, 0.25) is 0 Å². The fourth-order valence-electron chi connectivity index (χ4n) is 5.25. The monoisotopic (exact) mass is 1190 g/mol. The highest BCUT2D eigenvalue weighted by molar-refractivity contribution is 5.95. The molecule has 0 radical (unpaired) electrons. The van der Waals surface area contributed by atoms with Gasteiger partial charge in [-0.25, -0.2) is 4.79 Å². The third kappa shape index (κ3) is 8.63. The Balaban J connectivity index is 3.98. The Morgan fingerprint density at radius 3 is 0.865 bits per heavy atom. The SMILES string of the molecule is Cc1cc(N=C=O)cc(C(=O)NC(C)CC(F)(F)C(F)(F)C(F)(F)C(F)(F)C(F)(F)C(F)(F)C(F)(F)C(F)(F)C(F)(F)C(F)(F)C(F)(F)C(F)(F)C(F)(F)C(F)(F)C(F)(F)C(F)(F)C(F)(F)C(F)(F)C(F)(F)F)c1. The van der Waals surface area contributed by atoms with E-state index in [0.29, 0.717) is 12.1 Å². The van der Waals surface area contributed by atoms with E-state index in [0.717, 1.165) is 24.4 Å². The average Bonchev–Trinajstić information content (AvgIpc) is 3.18.